The molecule has 4 aromatic rings. The summed E-state index contributed by atoms with van der Waals surface area (Å²) in [6.07, 6.45) is 3.00. The molecule has 5 rings (SSSR count). The lowest BCUT2D eigenvalue weighted by molar-refractivity contribution is -0.385. The minimum absolute atomic E-state index is 0.0121. The van der Waals surface area contributed by atoms with Crippen molar-refractivity contribution in [3.8, 4) is 22.8 Å². The Morgan fingerprint density at radius 2 is 1.88 bits per heavy atom. The number of fused-ring (bicyclic) bond motifs is 1. The van der Waals surface area contributed by atoms with Gasteiger partial charge in [-0.2, -0.15) is 0 Å². The van der Waals surface area contributed by atoms with Crippen LogP contribution in [0.3, 0.4) is 0 Å². The number of benzene rings is 2. The van der Waals surface area contributed by atoms with E-state index in [0.717, 1.165) is 11.3 Å². The zero-order valence-corrected chi connectivity index (χ0v) is 24.1. The molecule has 0 unspecified atom stereocenters. The predicted molar refractivity (Wildman–Crippen MR) is 155 cm³/mol. The number of esters is 1. The van der Waals surface area contributed by atoms with Crippen molar-refractivity contribution in [3.05, 3.63) is 107 Å². The van der Waals surface area contributed by atoms with Gasteiger partial charge in [0, 0.05) is 29.5 Å². The standard InChI is InChI=1S/C30H27N3O8S/c1-5-39-24-11-9-19(14-25(24)40-6-2)27-21(29(35)38-4)16-31-30-32(27)28(34)26(42-30)15-20-10-12-23(41-20)18-8-7-17(3)22(13-18)33(36)37/h7-16,27H,5-6H2,1-4H3/b26-15+/t27-/m0/s1. The van der Waals surface area contributed by atoms with Gasteiger partial charge in [-0.05, 0) is 50.6 Å². The largest absolute Gasteiger partial charge is 0.490 e. The molecule has 0 aliphatic carbocycles. The smallest absolute Gasteiger partial charge is 0.337 e. The van der Waals surface area contributed by atoms with E-state index >= 15 is 0 Å². The monoisotopic (exact) mass is 589 g/mol. The van der Waals surface area contributed by atoms with E-state index in [1.807, 2.05) is 13.8 Å². The highest BCUT2D eigenvalue weighted by Gasteiger charge is 2.31. The topological polar surface area (TPSA) is 135 Å². The second kappa shape index (κ2) is 11.9. The van der Waals surface area contributed by atoms with E-state index < -0.39 is 16.9 Å². The highest BCUT2D eigenvalue weighted by atomic mass is 32.1. The fourth-order valence-corrected chi connectivity index (χ4v) is 5.61. The van der Waals surface area contributed by atoms with Gasteiger partial charge in [-0.3, -0.25) is 19.5 Å². The van der Waals surface area contributed by atoms with Gasteiger partial charge in [-0.15, -0.1) is 0 Å². The van der Waals surface area contributed by atoms with Gasteiger partial charge < -0.3 is 18.6 Å². The Labute approximate surface area is 243 Å². The van der Waals surface area contributed by atoms with E-state index in [0.29, 0.717) is 62.3 Å². The van der Waals surface area contributed by atoms with Gasteiger partial charge in [0.05, 0.1) is 41.4 Å². The van der Waals surface area contributed by atoms with E-state index in [-0.39, 0.29) is 16.8 Å². The number of rotatable bonds is 9. The summed E-state index contributed by atoms with van der Waals surface area (Å²) in [5, 5.41) is 11.4. The van der Waals surface area contributed by atoms with Gasteiger partial charge in [0.15, 0.2) is 16.3 Å². The normalized spacial score (nSPS) is 14.5. The molecule has 12 heteroatoms. The number of nitro benzene ring substituents is 1. The number of thiazole rings is 1. The highest BCUT2D eigenvalue weighted by Crippen LogP contribution is 2.35. The molecule has 1 aliphatic heterocycles. The van der Waals surface area contributed by atoms with Crippen LogP contribution < -0.4 is 24.4 Å². The summed E-state index contributed by atoms with van der Waals surface area (Å²) >= 11 is 1.14. The Hall–Kier alpha value is -4.97. The Kier molecular flexibility index (Phi) is 8.07. The van der Waals surface area contributed by atoms with Crippen LogP contribution in [0.5, 0.6) is 11.5 Å². The van der Waals surface area contributed by atoms with Gasteiger partial charge in [-0.1, -0.05) is 29.5 Å². The number of carbonyl (C=O) groups excluding carboxylic acids is 1. The first-order valence-electron chi connectivity index (χ1n) is 13.1. The maximum Gasteiger partial charge on any atom is 0.337 e. The molecule has 3 heterocycles. The molecular weight excluding hydrogens is 562 g/mol. The molecule has 1 atom stereocenters. The SMILES string of the molecule is CCOc1ccc([C@H]2C(C(=O)OC)=CN=c3s/c(=C/c4ccc(-c5ccc(C)c([N+](=O)[O-])c5)o4)c(=O)n32)cc1OCC. The number of carbonyl (C=O) groups is 1. The Morgan fingerprint density at radius 3 is 2.60 bits per heavy atom. The fraction of sp³-hybridized carbons (Fsp3) is 0.233. The van der Waals surface area contributed by atoms with Gasteiger partial charge in [0.25, 0.3) is 11.2 Å². The lowest BCUT2D eigenvalue weighted by Gasteiger charge is -2.23. The quantitative estimate of drug-likeness (QED) is 0.160. The molecule has 2 aromatic carbocycles. The number of hydrogen-bond donors (Lipinski definition) is 0. The second-order valence-corrected chi connectivity index (χ2v) is 10.2. The van der Waals surface area contributed by atoms with Crippen LogP contribution in [0.4, 0.5) is 5.69 Å². The molecule has 0 saturated carbocycles. The Balaban J connectivity index is 1.59. The zero-order chi connectivity index (χ0) is 30.0. The van der Waals surface area contributed by atoms with Crippen molar-refractivity contribution >= 4 is 29.1 Å². The van der Waals surface area contributed by atoms with Gasteiger partial charge in [0.2, 0.25) is 0 Å². The van der Waals surface area contributed by atoms with E-state index in [2.05, 4.69) is 4.99 Å². The number of hydrogen-bond acceptors (Lipinski definition) is 10. The lowest BCUT2D eigenvalue weighted by atomic mass is 9.97. The molecule has 2 aromatic heterocycles. The lowest BCUT2D eigenvalue weighted by Crippen LogP contribution is -2.39. The van der Waals surface area contributed by atoms with Crippen molar-refractivity contribution in [2.45, 2.75) is 26.8 Å². The molecule has 0 bridgehead atoms. The number of ether oxygens (including phenoxy) is 3. The third kappa shape index (κ3) is 5.36. The van der Waals surface area contributed by atoms with Gasteiger partial charge in [0.1, 0.15) is 11.5 Å². The number of aryl methyl sites for hydroxylation is 1. The maximum absolute atomic E-state index is 13.8. The molecule has 11 nitrogen and oxygen atoms in total. The molecular formula is C30H27N3O8S. The third-order valence-electron chi connectivity index (χ3n) is 6.60. The first-order chi connectivity index (χ1) is 20.2. The average Bonchev–Trinajstić information content (AvgIpc) is 3.58. The van der Waals surface area contributed by atoms with Crippen molar-refractivity contribution in [1.29, 1.82) is 0 Å². The summed E-state index contributed by atoms with van der Waals surface area (Å²) in [6, 6.07) is 12.6. The van der Waals surface area contributed by atoms with E-state index in [9.17, 15) is 19.7 Å². The first kappa shape index (κ1) is 28.6. The van der Waals surface area contributed by atoms with Crippen molar-refractivity contribution in [2.75, 3.05) is 20.3 Å². The Bertz CT molecular complexity index is 1900. The van der Waals surface area contributed by atoms with Crippen LogP contribution in [0.2, 0.25) is 0 Å². The van der Waals surface area contributed by atoms with Crippen molar-refractivity contribution in [2.24, 2.45) is 4.99 Å². The molecule has 0 N–H and O–H groups in total. The van der Waals surface area contributed by atoms with Crippen LogP contribution in [0.15, 0.2) is 74.5 Å². The van der Waals surface area contributed by atoms with E-state index in [4.69, 9.17) is 18.6 Å². The maximum atomic E-state index is 13.8. The molecule has 1 aliphatic rings. The highest BCUT2D eigenvalue weighted by molar-refractivity contribution is 7.07. The van der Waals surface area contributed by atoms with Gasteiger partial charge >= 0.3 is 5.97 Å². The van der Waals surface area contributed by atoms with Crippen molar-refractivity contribution in [1.82, 2.24) is 4.57 Å². The molecule has 0 radical (unpaired) electrons. The molecule has 0 amide bonds. The van der Waals surface area contributed by atoms with Gasteiger partial charge in [-0.25, -0.2) is 9.79 Å². The number of aromatic nitrogens is 1. The number of furan rings is 1. The Morgan fingerprint density at radius 1 is 1.12 bits per heavy atom. The molecule has 216 valence electrons. The summed E-state index contributed by atoms with van der Waals surface area (Å²) in [7, 11) is 1.27. The van der Waals surface area contributed by atoms with Crippen LogP contribution in [0, 0.1) is 17.0 Å². The molecule has 42 heavy (non-hydrogen) atoms. The number of nitrogens with zero attached hydrogens (tertiary/aromatic N) is 3. The third-order valence-corrected chi connectivity index (χ3v) is 7.60. The average molecular weight is 590 g/mol. The molecule has 0 spiro atoms. The van der Waals surface area contributed by atoms with Crippen molar-refractivity contribution in [3.63, 3.8) is 0 Å². The number of nitro groups is 1. The first-order valence-corrected chi connectivity index (χ1v) is 13.9. The van der Waals surface area contributed by atoms with Crippen LogP contribution in [0.25, 0.3) is 17.4 Å². The van der Waals surface area contributed by atoms with E-state index in [1.165, 1.54) is 23.9 Å². The summed E-state index contributed by atoms with van der Waals surface area (Å²) in [6.45, 7) is 6.22. The van der Waals surface area contributed by atoms with Crippen molar-refractivity contribution < 1.29 is 28.3 Å². The minimum Gasteiger partial charge on any atom is -0.490 e. The van der Waals surface area contributed by atoms with Crippen LogP contribution in [-0.2, 0) is 9.53 Å². The summed E-state index contributed by atoms with van der Waals surface area (Å²) < 4.78 is 24.2. The summed E-state index contributed by atoms with van der Waals surface area (Å²) in [5.74, 6) is 1.21. The molecule has 0 fully saturated rings. The summed E-state index contributed by atoms with van der Waals surface area (Å²) in [4.78, 5) is 42.3. The predicted octanol–water partition coefficient (Wildman–Crippen LogP) is 4.29. The summed E-state index contributed by atoms with van der Waals surface area (Å²) in [5.41, 5.74) is 1.48. The van der Waals surface area contributed by atoms with E-state index in [1.54, 1.807) is 55.5 Å². The minimum atomic E-state index is -0.828. The zero-order valence-electron chi connectivity index (χ0n) is 23.3. The second-order valence-electron chi connectivity index (χ2n) is 9.21. The van der Waals surface area contributed by atoms with Crippen LogP contribution in [0.1, 0.15) is 36.8 Å². The molecule has 0 saturated heterocycles. The van der Waals surface area contributed by atoms with Crippen LogP contribution in [-0.4, -0.2) is 35.8 Å². The fourth-order valence-electron chi connectivity index (χ4n) is 4.66. The van der Waals surface area contributed by atoms with Crippen LogP contribution >= 0.6 is 11.3 Å². The number of methoxy groups -OCH3 is 1.